The number of oxazole rings is 1. The van der Waals surface area contributed by atoms with Gasteiger partial charge < -0.3 is 4.42 Å². The summed E-state index contributed by atoms with van der Waals surface area (Å²) in [5, 5.41) is 2.24. The fraction of sp³-hybridized carbons (Fsp3) is 0. The molecule has 8 aromatic carbocycles. The number of rotatable bonds is 7. The Hall–Kier alpha value is -7.96. The Morgan fingerprint density at radius 2 is 0.810 bits per heavy atom. The number of aromatic nitrogens is 5. The highest BCUT2D eigenvalue weighted by molar-refractivity contribution is 6.10. The number of hydrogen-bond donors (Lipinski definition) is 0. The van der Waals surface area contributed by atoms with Gasteiger partial charge in [-0.2, -0.15) is 4.98 Å². The molecule has 6 heteroatoms. The lowest BCUT2D eigenvalue weighted by Gasteiger charge is -2.13. The van der Waals surface area contributed by atoms with E-state index in [1.807, 2.05) is 66.7 Å². The fourth-order valence-corrected chi connectivity index (χ4v) is 7.85. The Balaban J connectivity index is 1.05. The minimum Gasteiger partial charge on any atom is -0.423 e. The second-order valence-electron chi connectivity index (χ2n) is 14.3. The highest BCUT2D eigenvalue weighted by Gasteiger charge is 2.19. The Kier molecular flexibility index (Phi) is 8.04. The molecule has 11 aromatic rings. The maximum absolute atomic E-state index is 6.28. The molecular formula is C52H33N5O. The molecule has 0 spiro atoms. The van der Waals surface area contributed by atoms with E-state index in [0.29, 0.717) is 23.5 Å². The summed E-state index contributed by atoms with van der Waals surface area (Å²) >= 11 is 0. The number of fused-ring (bicyclic) bond motifs is 4. The highest BCUT2D eigenvalue weighted by Crippen LogP contribution is 2.37. The van der Waals surface area contributed by atoms with Gasteiger partial charge in [-0.3, -0.25) is 4.57 Å². The van der Waals surface area contributed by atoms with Crippen LogP contribution in [0.5, 0.6) is 0 Å². The van der Waals surface area contributed by atoms with Gasteiger partial charge in [0, 0.05) is 27.5 Å². The van der Waals surface area contributed by atoms with Gasteiger partial charge in [-0.05, 0) is 88.0 Å². The van der Waals surface area contributed by atoms with Crippen LogP contribution in [0.2, 0.25) is 0 Å². The van der Waals surface area contributed by atoms with Gasteiger partial charge in [-0.15, -0.1) is 0 Å². The van der Waals surface area contributed by atoms with E-state index in [-0.39, 0.29) is 0 Å². The number of nitrogens with zero attached hydrogens (tertiary/aromatic N) is 5. The van der Waals surface area contributed by atoms with Gasteiger partial charge in [-0.1, -0.05) is 146 Å². The summed E-state index contributed by atoms with van der Waals surface area (Å²) in [6.45, 7) is 0. The van der Waals surface area contributed by atoms with Gasteiger partial charge in [0.1, 0.15) is 5.52 Å². The van der Waals surface area contributed by atoms with Crippen molar-refractivity contribution in [2.75, 3.05) is 0 Å². The van der Waals surface area contributed by atoms with E-state index >= 15 is 0 Å². The Labute approximate surface area is 334 Å². The number of benzene rings is 8. The summed E-state index contributed by atoms with van der Waals surface area (Å²) in [5.74, 6) is 1.83. The van der Waals surface area contributed by atoms with Crippen LogP contribution in [0.1, 0.15) is 0 Å². The van der Waals surface area contributed by atoms with Crippen molar-refractivity contribution < 1.29 is 4.42 Å². The summed E-state index contributed by atoms with van der Waals surface area (Å²) in [6.07, 6.45) is 0. The van der Waals surface area contributed by atoms with Crippen LogP contribution in [0, 0.1) is 0 Å². The van der Waals surface area contributed by atoms with Crippen molar-refractivity contribution in [3.8, 4) is 73.6 Å². The Bertz CT molecular complexity index is 3190. The summed E-state index contributed by atoms with van der Waals surface area (Å²) in [5.41, 5.74) is 13.0. The maximum Gasteiger partial charge on any atom is 0.307 e. The van der Waals surface area contributed by atoms with Crippen molar-refractivity contribution in [3.63, 3.8) is 0 Å². The highest BCUT2D eigenvalue weighted by atomic mass is 16.4. The van der Waals surface area contributed by atoms with Gasteiger partial charge in [0.05, 0.1) is 11.0 Å². The van der Waals surface area contributed by atoms with Crippen molar-refractivity contribution in [2.45, 2.75) is 0 Å². The summed E-state index contributed by atoms with van der Waals surface area (Å²) in [4.78, 5) is 20.3. The van der Waals surface area contributed by atoms with Gasteiger partial charge in [0.2, 0.25) is 0 Å². The third-order valence-corrected chi connectivity index (χ3v) is 10.7. The molecule has 58 heavy (non-hydrogen) atoms. The molecular weight excluding hydrogens is 711 g/mol. The molecule has 0 bridgehead atoms. The van der Waals surface area contributed by atoms with Gasteiger partial charge >= 0.3 is 6.01 Å². The van der Waals surface area contributed by atoms with E-state index in [9.17, 15) is 0 Å². The van der Waals surface area contributed by atoms with Crippen molar-refractivity contribution in [3.05, 3.63) is 200 Å². The molecule has 0 saturated carbocycles. The predicted molar refractivity (Wildman–Crippen MR) is 234 cm³/mol. The Morgan fingerprint density at radius 3 is 1.52 bits per heavy atom. The molecule has 0 aliphatic heterocycles. The molecule has 0 fully saturated rings. The molecule has 0 radical (unpaired) electrons. The summed E-state index contributed by atoms with van der Waals surface area (Å²) in [6, 6.07) is 69.5. The lowest BCUT2D eigenvalue weighted by Crippen LogP contribution is -2.00. The van der Waals surface area contributed by atoms with Crippen LogP contribution in [0.15, 0.2) is 205 Å². The lowest BCUT2D eigenvalue weighted by atomic mass is 9.96. The van der Waals surface area contributed by atoms with Crippen molar-refractivity contribution in [1.82, 2.24) is 24.5 Å². The Morgan fingerprint density at radius 1 is 0.310 bits per heavy atom. The standard InChI is InChI=1S/C52H33N5O/c1-4-15-34(16-5-1)40-30-41(35-17-6-2-7-18-35)32-42(31-40)51-55-49(36-19-8-3-9-20-36)54-50(56-51)39-22-14-21-37(29-39)38-27-28-47-44(33-38)43-23-10-12-25-46(43)57(47)52-53-45-24-11-13-26-48(45)58-52/h1-33H. The minimum absolute atomic E-state index is 0.548. The molecule has 3 aromatic heterocycles. The van der Waals surface area contributed by atoms with Crippen LogP contribution in [-0.4, -0.2) is 24.5 Å². The van der Waals surface area contributed by atoms with Crippen LogP contribution in [-0.2, 0) is 0 Å². The minimum atomic E-state index is 0.548. The van der Waals surface area contributed by atoms with Crippen molar-refractivity contribution in [1.29, 1.82) is 0 Å². The zero-order chi connectivity index (χ0) is 38.4. The molecule has 11 rings (SSSR count). The van der Waals surface area contributed by atoms with Crippen LogP contribution in [0.4, 0.5) is 0 Å². The normalized spacial score (nSPS) is 11.4. The van der Waals surface area contributed by atoms with Crippen LogP contribution < -0.4 is 0 Å². The largest absolute Gasteiger partial charge is 0.423 e. The molecule has 0 unspecified atom stereocenters. The van der Waals surface area contributed by atoms with Crippen LogP contribution >= 0.6 is 0 Å². The second-order valence-corrected chi connectivity index (χ2v) is 14.3. The summed E-state index contributed by atoms with van der Waals surface area (Å²) in [7, 11) is 0. The van der Waals surface area contributed by atoms with E-state index in [4.69, 9.17) is 24.4 Å². The third kappa shape index (κ3) is 6.01. The average Bonchev–Trinajstić information content (AvgIpc) is 3.88. The molecule has 3 heterocycles. The lowest BCUT2D eigenvalue weighted by molar-refractivity contribution is 0.574. The number of hydrogen-bond acceptors (Lipinski definition) is 5. The molecule has 0 atom stereocenters. The zero-order valence-electron chi connectivity index (χ0n) is 31.2. The molecule has 0 aliphatic carbocycles. The molecule has 0 saturated heterocycles. The smallest absolute Gasteiger partial charge is 0.307 e. The first-order valence-corrected chi connectivity index (χ1v) is 19.3. The SMILES string of the molecule is c1ccc(-c2cc(-c3ccccc3)cc(-c3nc(-c4ccccc4)nc(-c4cccc(-c5ccc6c(c5)c5ccccc5n6-c5nc6ccccc6o5)c4)n3)c2)cc1. The molecule has 0 N–H and O–H groups in total. The van der Waals surface area contributed by atoms with E-state index in [1.165, 1.54) is 0 Å². The second kappa shape index (κ2) is 14.0. The van der Waals surface area contributed by atoms with Gasteiger partial charge in [-0.25, -0.2) is 15.0 Å². The monoisotopic (exact) mass is 743 g/mol. The molecule has 6 nitrogen and oxygen atoms in total. The summed E-state index contributed by atoms with van der Waals surface area (Å²) < 4.78 is 8.39. The maximum atomic E-state index is 6.28. The van der Waals surface area contributed by atoms with E-state index < -0.39 is 0 Å². The van der Waals surface area contributed by atoms with Crippen molar-refractivity contribution in [2.24, 2.45) is 0 Å². The fourth-order valence-electron chi connectivity index (χ4n) is 7.85. The first-order chi connectivity index (χ1) is 28.7. The molecule has 0 amide bonds. The predicted octanol–water partition coefficient (Wildman–Crippen LogP) is 13.1. The van der Waals surface area contributed by atoms with Crippen LogP contribution in [0.3, 0.4) is 0 Å². The topological polar surface area (TPSA) is 69.6 Å². The first kappa shape index (κ1) is 33.4. The van der Waals surface area contributed by atoms with Crippen LogP contribution in [0.25, 0.3) is 106 Å². The molecule has 272 valence electrons. The van der Waals surface area contributed by atoms with Crippen molar-refractivity contribution >= 4 is 32.9 Å². The van der Waals surface area contributed by atoms with E-state index in [2.05, 4.69) is 138 Å². The molecule has 0 aliphatic rings. The first-order valence-electron chi connectivity index (χ1n) is 19.3. The van der Waals surface area contributed by atoms with E-state index in [1.54, 1.807) is 0 Å². The third-order valence-electron chi connectivity index (χ3n) is 10.7. The van der Waals surface area contributed by atoms with Gasteiger partial charge in [0.15, 0.2) is 23.1 Å². The average molecular weight is 744 g/mol. The van der Waals surface area contributed by atoms with Gasteiger partial charge in [0.25, 0.3) is 0 Å². The number of para-hydroxylation sites is 3. The zero-order valence-corrected chi connectivity index (χ0v) is 31.2. The van der Waals surface area contributed by atoms with E-state index in [0.717, 1.165) is 83.0 Å². The quantitative estimate of drug-likeness (QED) is 0.163.